The number of aromatic nitrogens is 2. The molecule has 0 unspecified atom stereocenters. The predicted molar refractivity (Wildman–Crippen MR) is 99.3 cm³/mol. The van der Waals surface area contributed by atoms with E-state index in [1.807, 2.05) is 30.3 Å². The van der Waals surface area contributed by atoms with Gasteiger partial charge in [-0.15, -0.1) is 0 Å². The summed E-state index contributed by atoms with van der Waals surface area (Å²) in [4.78, 5) is 20.7. The van der Waals surface area contributed by atoms with Crippen molar-refractivity contribution in [2.45, 2.75) is 0 Å². The molecule has 7 nitrogen and oxygen atoms in total. The molecule has 26 heavy (non-hydrogen) atoms. The van der Waals surface area contributed by atoms with E-state index >= 15 is 0 Å². The monoisotopic (exact) mass is 350 g/mol. The number of carbonyl (C=O) groups is 1. The summed E-state index contributed by atoms with van der Waals surface area (Å²) in [6.07, 6.45) is 1.34. The van der Waals surface area contributed by atoms with Crippen LogP contribution in [0.3, 0.4) is 0 Å². The Labute approximate surface area is 151 Å². The van der Waals surface area contributed by atoms with Crippen molar-refractivity contribution in [3.8, 4) is 11.5 Å². The van der Waals surface area contributed by atoms with Crippen molar-refractivity contribution in [2.75, 3.05) is 24.9 Å². The third kappa shape index (κ3) is 4.07. The summed E-state index contributed by atoms with van der Waals surface area (Å²) in [6, 6.07) is 16.3. The molecule has 2 aromatic carbocycles. The fourth-order valence-electron chi connectivity index (χ4n) is 2.31. The van der Waals surface area contributed by atoms with Gasteiger partial charge in [-0.2, -0.15) is 0 Å². The third-order valence-corrected chi connectivity index (χ3v) is 3.60. The lowest BCUT2D eigenvalue weighted by molar-refractivity contribution is 0.102. The molecule has 7 heteroatoms. The number of anilines is 3. The average molecular weight is 350 g/mol. The van der Waals surface area contributed by atoms with Crippen molar-refractivity contribution in [1.82, 2.24) is 9.97 Å². The number of nitrogens with one attached hydrogen (secondary N) is 2. The lowest BCUT2D eigenvalue weighted by atomic mass is 10.2. The molecular weight excluding hydrogens is 332 g/mol. The number of carbonyl (C=O) groups excluding carboxylic acids is 1. The van der Waals surface area contributed by atoms with Crippen LogP contribution in [0.25, 0.3) is 0 Å². The van der Waals surface area contributed by atoms with Crippen LogP contribution in [0.4, 0.5) is 17.2 Å². The molecule has 1 aromatic heterocycles. The second kappa shape index (κ2) is 7.98. The van der Waals surface area contributed by atoms with Gasteiger partial charge >= 0.3 is 0 Å². The highest BCUT2D eigenvalue weighted by molar-refractivity contribution is 6.04. The van der Waals surface area contributed by atoms with Gasteiger partial charge in [-0.25, -0.2) is 9.97 Å². The van der Waals surface area contributed by atoms with E-state index in [-0.39, 0.29) is 11.6 Å². The number of rotatable bonds is 6. The van der Waals surface area contributed by atoms with Gasteiger partial charge in [-0.1, -0.05) is 18.2 Å². The largest absolute Gasteiger partial charge is 0.497 e. The van der Waals surface area contributed by atoms with Crippen LogP contribution >= 0.6 is 0 Å². The van der Waals surface area contributed by atoms with Crippen LogP contribution in [0.1, 0.15) is 10.5 Å². The zero-order valence-electron chi connectivity index (χ0n) is 14.4. The Morgan fingerprint density at radius 3 is 2.50 bits per heavy atom. The first-order chi connectivity index (χ1) is 12.7. The van der Waals surface area contributed by atoms with Crippen LogP contribution in [0, 0.1) is 0 Å². The summed E-state index contributed by atoms with van der Waals surface area (Å²) in [5.74, 6) is 1.29. The molecule has 132 valence electrons. The first-order valence-corrected chi connectivity index (χ1v) is 7.87. The Bertz CT molecular complexity index is 900. The molecule has 0 aliphatic carbocycles. The summed E-state index contributed by atoms with van der Waals surface area (Å²) in [6.45, 7) is 0. The lowest BCUT2D eigenvalue weighted by Gasteiger charge is -2.12. The third-order valence-electron chi connectivity index (χ3n) is 3.60. The maximum absolute atomic E-state index is 12.5. The van der Waals surface area contributed by atoms with Gasteiger partial charge in [0.05, 0.1) is 19.9 Å². The SMILES string of the molecule is COc1ccc(NC(=O)c2cc(Nc3ccccc3)ncn2)c(OC)c1. The van der Waals surface area contributed by atoms with E-state index in [0.717, 1.165) is 5.69 Å². The molecule has 0 aliphatic heterocycles. The lowest BCUT2D eigenvalue weighted by Crippen LogP contribution is -2.15. The summed E-state index contributed by atoms with van der Waals surface area (Å²) >= 11 is 0. The molecule has 0 radical (unpaired) electrons. The maximum Gasteiger partial charge on any atom is 0.274 e. The van der Waals surface area contributed by atoms with E-state index in [0.29, 0.717) is 23.0 Å². The van der Waals surface area contributed by atoms with Gasteiger partial charge in [0, 0.05) is 17.8 Å². The Morgan fingerprint density at radius 1 is 0.962 bits per heavy atom. The highest BCUT2D eigenvalue weighted by Gasteiger charge is 2.13. The fraction of sp³-hybridized carbons (Fsp3) is 0.105. The minimum atomic E-state index is -0.369. The Balaban J connectivity index is 1.77. The quantitative estimate of drug-likeness (QED) is 0.708. The van der Waals surface area contributed by atoms with E-state index in [2.05, 4.69) is 20.6 Å². The highest BCUT2D eigenvalue weighted by atomic mass is 16.5. The Hall–Kier alpha value is -3.61. The molecule has 0 saturated heterocycles. The number of ether oxygens (including phenoxy) is 2. The molecule has 2 N–H and O–H groups in total. The molecule has 1 amide bonds. The minimum Gasteiger partial charge on any atom is -0.497 e. The van der Waals surface area contributed by atoms with E-state index in [9.17, 15) is 4.79 Å². The highest BCUT2D eigenvalue weighted by Crippen LogP contribution is 2.29. The second-order valence-electron chi connectivity index (χ2n) is 5.30. The van der Waals surface area contributed by atoms with Crippen LogP contribution in [0.5, 0.6) is 11.5 Å². The normalized spacial score (nSPS) is 10.1. The van der Waals surface area contributed by atoms with Crippen LogP contribution in [0.15, 0.2) is 60.9 Å². The van der Waals surface area contributed by atoms with Crippen molar-refractivity contribution in [1.29, 1.82) is 0 Å². The molecule has 1 heterocycles. The Morgan fingerprint density at radius 2 is 1.77 bits per heavy atom. The predicted octanol–water partition coefficient (Wildman–Crippen LogP) is 3.49. The average Bonchev–Trinajstić information content (AvgIpc) is 2.69. The van der Waals surface area contributed by atoms with Crippen molar-refractivity contribution in [3.05, 3.63) is 66.6 Å². The molecule has 0 saturated carbocycles. The van der Waals surface area contributed by atoms with Crippen LogP contribution in [-0.2, 0) is 0 Å². The smallest absolute Gasteiger partial charge is 0.274 e. The number of benzene rings is 2. The summed E-state index contributed by atoms with van der Waals surface area (Å²) in [5.41, 5.74) is 1.63. The first kappa shape index (κ1) is 17.2. The maximum atomic E-state index is 12.5. The van der Waals surface area contributed by atoms with Crippen molar-refractivity contribution < 1.29 is 14.3 Å². The number of para-hydroxylation sites is 1. The van der Waals surface area contributed by atoms with Gasteiger partial charge < -0.3 is 20.1 Å². The topological polar surface area (TPSA) is 85.4 Å². The minimum absolute atomic E-state index is 0.233. The zero-order valence-corrected chi connectivity index (χ0v) is 14.4. The molecule has 0 atom stereocenters. The number of amides is 1. The Kier molecular flexibility index (Phi) is 5.28. The van der Waals surface area contributed by atoms with E-state index < -0.39 is 0 Å². The summed E-state index contributed by atoms with van der Waals surface area (Å²) in [7, 11) is 3.09. The molecule has 0 bridgehead atoms. The first-order valence-electron chi connectivity index (χ1n) is 7.87. The number of hydrogen-bond acceptors (Lipinski definition) is 6. The number of hydrogen-bond donors (Lipinski definition) is 2. The zero-order chi connectivity index (χ0) is 18.4. The molecule has 0 aliphatic rings. The van der Waals surface area contributed by atoms with E-state index in [1.165, 1.54) is 13.4 Å². The number of methoxy groups -OCH3 is 2. The molecule has 0 fully saturated rings. The van der Waals surface area contributed by atoms with E-state index in [4.69, 9.17) is 9.47 Å². The van der Waals surface area contributed by atoms with Gasteiger partial charge in [-0.05, 0) is 24.3 Å². The van der Waals surface area contributed by atoms with Gasteiger partial charge in [0.15, 0.2) is 0 Å². The van der Waals surface area contributed by atoms with E-state index in [1.54, 1.807) is 31.4 Å². The van der Waals surface area contributed by atoms with Gasteiger partial charge in [0.1, 0.15) is 29.3 Å². The standard InChI is InChI=1S/C19H18N4O3/c1-25-14-8-9-15(17(10-14)26-2)23-19(24)16-11-18(21-12-20-16)22-13-6-4-3-5-7-13/h3-12H,1-2H3,(H,23,24)(H,20,21,22). The summed E-state index contributed by atoms with van der Waals surface area (Å²) < 4.78 is 10.4. The van der Waals surface area contributed by atoms with Crippen LogP contribution in [-0.4, -0.2) is 30.1 Å². The van der Waals surface area contributed by atoms with Gasteiger partial charge in [0.2, 0.25) is 0 Å². The van der Waals surface area contributed by atoms with Crippen LogP contribution < -0.4 is 20.1 Å². The summed E-state index contributed by atoms with van der Waals surface area (Å²) in [5, 5.41) is 5.91. The van der Waals surface area contributed by atoms with Crippen molar-refractivity contribution in [3.63, 3.8) is 0 Å². The fourth-order valence-corrected chi connectivity index (χ4v) is 2.31. The van der Waals surface area contributed by atoms with Gasteiger partial charge in [-0.3, -0.25) is 4.79 Å². The van der Waals surface area contributed by atoms with Crippen molar-refractivity contribution >= 4 is 23.1 Å². The molecule has 3 aromatic rings. The number of nitrogens with zero attached hydrogens (tertiary/aromatic N) is 2. The molecule has 3 rings (SSSR count). The van der Waals surface area contributed by atoms with Gasteiger partial charge in [0.25, 0.3) is 5.91 Å². The van der Waals surface area contributed by atoms with Crippen molar-refractivity contribution in [2.24, 2.45) is 0 Å². The molecular formula is C19H18N4O3. The molecule has 0 spiro atoms. The van der Waals surface area contributed by atoms with Crippen LogP contribution in [0.2, 0.25) is 0 Å². The second-order valence-corrected chi connectivity index (χ2v) is 5.30.